The molecule has 2 atom stereocenters. The van der Waals surface area contributed by atoms with E-state index in [9.17, 15) is 4.79 Å². The molecule has 1 heteroatoms. The third kappa shape index (κ3) is 1.60. The number of hydrogen-bond donors (Lipinski definition) is 0. The number of benzene rings is 1. The zero-order chi connectivity index (χ0) is 10.3. The summed E-state index contributed by atoms with van der Waals surface area (Å²) in [5, 5.41) is 0. The molecule has 0 spiro atoms. The summed E-state index contributed by atoms with van der Waals surface area (Å²) in [6.45, 7) is 0. The van der Waals surface area contributed by atoms with E-state index in [0.717, 1.165) is 31.6 Å². The van der Waals surface area contributed by atoms with Crippen molar-refractivity contribution in [1.29, 1.82) is 0 Å². The molecule has 0 saturated heterocycles. The molecule has 1 aromatic rings. The van der Waals surface area contributed by atoms with E-state index in [1.54, 1.807) is 0 Å². The molecule has 0 aromatic heterocycles. The van der Waals surface area contributed by atoms with Crippen LogP contribution in [0.2, 0.25) is 0 Å². The molecular formula is C14H16O. The fourth-order valence-electron chi connectivity index (χ4n) is 3.17. The summed E-state index contributed by atoms with van der Waals surface area (Å²) in [4.78, 5) is 11.4. The molecule has 0 radical (unpaired) electrons. The molecule has 1 saturated carbocycles. The standard InChI is InChI=1S/C14H16O/c15-14-6-5-12-7-10-3-1-2-4-11(10)8-13(12)9-14/h1-4,12-13H,5-9H2/t12-,13-/m1/s1. The lowest BCUT2D eigenvalue weighted by atomic mass is 9.68. The van der Waals surface area contributed by atoms with E-state index in [-0.39, 0.29) is 0 Å². The highest BCUT2D eigenvalue weighted by atomic mass is 16.1. The van der Waals surface area contributed by atoms with Crippen LogP contribution >= 0.6 is 0 Å². The molecule has 1 fully saturated rings. The lowest BCUT2D eigenvalue weighted by Crippen LogP contribution is -2.31. The Bertz CT molecular complexity index is 394. The van der Waals surface area contributed by atoms with Crippen LogP contribution in [0.5, 0.6) is 0 Å². The second-order valence-electron chi connectivity index (χ2n) is 4.98. The molecule has 2 aliphatic carbocycles. The van der Waals surface area contributed by atoms with Crippen LogP contribution in [0.1, 0.15) is 30.4 Å². The van der Waals surface area contributed by atoms with Crippen molar-refractivity contribution >= 4 is 5.78 Å². The van der Waals surface area contributed by atoms with E-state index >= 15 is 0 Å². The van der Waals surface area contributed by atoms with Gasteiger partial charge in [-0.2, -0.15) is 0 Å². The maximum absolute atomic E-state index is 11.4. The Morgan fingerprint density at radius 1 is 0.933 bits per heavy atom. The Hall–Kier alpha value is -1.11. The van der Waals surface area contributed by atoms with Gasteiger partial charge in [0.1, 0.15) is 5.78 Å². The van der Waals surface area contributed by atoms with Crippen LogP contribution in [-0.4, -0.2) is 5.78 Å². The van der Waals surface area contributed by atoms with E-state index in [2.05, 4.69) is 24.3 Å². The van der Waals surface area contributed by atoms with Gasteiger partial charge in [-0.1, -0.05) is 24.3 Å². The predicted octanol–water partition coefficient (Wildman–Crippen LogP) is 2.77. The molecule has 0 aliphatic heterocycles. The summed E-state index contributed by atoms with van der Waals surface area (Å²) in [7, 11) is 0. The van der Waals surface area contributed by atoms with Crippen molar-refractivity contribution in [1.82, 2.24) is 0 Å². The zero-order valence-corrected chi connectivity index (χ0v) is 8.91. The molecule has 2 aliphatic rings. The number of hydrogen-bond acceptors (Lipinski definition) is 1. The van der Waals surface area contributed by atoms with Gasteiger partial charge in [-0.15, -0.1) is 0 Å². The minimum absolute atomic E-state index is 0.482. The van der Waals surface area contributed by atoms with Crippen molar-refractivity contribution in [3.8, 4) is 0 Å². The normalized spacial score (nSPS) is 29.5. The molecule has 0 heterocycles. The monoisotopic (exact) mass is 200 g/mol. The quantitative estimate of drug-likeness (QED) is 0.629. The van der Waals surface area contributed by atoms with Gasteiger partial charge in [0.2, 0.25) is 0 Å². The smallest absolute Gasteiger partial charge is 0.133 e. The second kappa shape index (κ2) is 3.48. The van der Waals surface area contributed by atoms with E-state index in [0.29, 0.717) is 11.7 Å². The van der Waals surface area contributed by atoms with Gasteiger partial charge in [0.05, 0.1) is 0 Å². The first-order valence-electron chi connectivity index (χ1n) is 5.91. The van der Waals surface area contributed by atoms with Crippen LogP contribution in [0, 0.1) is 11.8 Å². The van der Waals surface area contributed by atoms with E-state index < -0.39 is 0 Å². The van der Waals surface area contributed by atoms with Crippen molar-refractivity contribution in [2.45, 2.75) is 32.1 Å². The van der Waals surface area contributed by atoms with E-state index in [4.69, 9.17) is 0 Å². The molecule has 1 aromatic carbocycles. The van der Waals surface area contributed by atoms with Crippen LogP contribution < -0.4 is 0 Å². The van der Waals surface area contributed by atoms with Crippen molar-refractivity contribution in [3.05, 3.63) is 35.4 Å². The molecule has 0 N–H and O–H groups in total. The number of carbonyl (C=O) groups is 1. The van der Waals surface area contributed by atoms with Gasteiger partial charge >= 0.3 is 0 Å². The zero-order valence-electron chi connectivity index (χ0n) is 8.91. The Morgan fingerprint density at radius 2 is 1.60 bits per heavy atom. The number of Topliss-reactive ketones (excluding diaryl/α,β-unsaturated/α-hetero) is 1. The lowest BCUT2D eigenvalue weighted by Gasteiger charge is -2.35. The van der Waals surface area contributed by atoms with Crippen molar-refractivity contribution < 1.29 is 4.79 Å². The Kier molecular flexibility index (Phi) is 2.12. The van der Waals surface area contributed by atoms with Crippen molar-refractivity contribution in [2.75, 3.05) is 0 Å². The molecule has 3 rings (SSSR count). The average Bonchev–Trinajstić information content (AvgIpc) is 2.26. The third-order valence-corrected chi connectivity index (χ3v) is 4.03. The summed E-state index contributed by atoms with van der Waals surface area (Å²) < 4.78 is 0. The van der Waals surface area contributed by atoms with Crippen LogP contribution in [0.25, 0.3) is 0 Å². The maximum Gasteiger partial charge on any atom is 0.133 e. The Labute approximate surface area is 90.5 Å². The second-order valence-corrected chi connectivity index (χ2v) is 4.98. The van der Waals surface area contributed by atoms with Gasteiger partial charge < -0.3 is 0 Å². The molecule has 78 valence electrons. The first kappa shape index (κ1) is 9.14. The lowest BCUT2D eigenvalue weighted by molar-refractivity contribution is -0.122. The third-order valence-electron chi connectivity index (χ3n) is 4.03. The predicted molar refractivity (Wildman–Crippen MR) is 59.7 cm³/mol. The fraction of sp³-hybridized carbons (Fsp3) is 0.500. The number of fused-ring (bicyclic) bond motifs is 2. The SMILES string of the molecule is O=C1CC[C@@H]2Cc3ccccc3C[C@@H]2C1. The average molecular weight is 200 g/mol. The highest BCUT2D eigenvalue weighted by Gasteiger charge is 2.33. The summed E-state index contributed by atoms with van der Waals surface area (Å²) in [5.74, 6) is 1.90. The summed E-state index contributed by atoms with van der Waals surface area (Å²) in [6.07, 6.45) is 5.11. The minimum atomic E-state index is 0.482. The first-order chi connectivity index (χ1) is 7.33. The van der Waals surface area contributed by atoms with Gasteiger partial charge in [-0.05, 0) is 42.2 Å². The molecule has 0 unspecified atom stereocenters. The maximum atomic E-state index is 11.4. The molecular weight excluding hydrogens is 184 g/mol. The molecule has 0 amide bonds. The van der Waals surface area contributed by atoms with Crippen LogP contribution in [0.3, 0.4) is 0 Å². The highest BCUT2D eigenvalue weighted by Crippen LogP contribution is 2.38. The number of rotatable bonds is 0. The topological polar surface area (TPSA) is 17.1 Å². The minimum Gasteiger partial charge on any atom is -0.300 e. The van der Waals surface area contributed by atoms with Gasteiger partial charge in [-0.25, -0.2) is 0 Å². The van der Waals surface area contributed by atoms with E-state index in [1.807, 2.05) is 0 Å². The summed E-state index contributed by atoms with van der Waals surface area (Å²) >= 11 is 0. The van der Waals surface area contributed by atoms with Gasteiger partial charge in [0.15, 0.2) is 0 Å². The van der Waals surface area contributed by atoms with Gasteiger partial charge in [0.25, 0.3) is 0 Å². The van der Waals surface area contributed by atoms with Crippen molar-refractivity contribution in [3.63, 3.8) is 0 Å². The molecule has 1 nitrogen and oxygen atoms in total. The Morgan fingerprint density at radius 3 is 2.33 bits per heavy atom. The van der Waals surface area contributed by atoms with Crippen LogP contribution in [0.15, 0.2) is 24.3 Å². The molecule has 15 heavy (non-hydrogen) atoms. The molecule has 0 bridgehead atoms. The van der Waals surface area contributed by atoms with Gasteiger partial charge in [-0.3, -0.25) is 4.79 Å². The number of ketones is 1. The van der Waals surface area contributed by atoms with Gasteiger partial charge in [0, 0.05) is 12.8 Å². The summed E-state index contributed by atoms with van der Waals surface area (Å²) in [5.41, 5.74) is 3.00. The highest BCUT2D eigenvalue weighted by molar-refractivity contribution is 5.79. The first-order valence-corrected chi connectivity index (χ1v) is 5.91. The van der Waals surface area contributed by atoms with Crippen LogP contribution in [-0.2, 0) is 17.6 Å². The fourth-order valence-corrected chi connectivity index (χ4v) is 3.17. The summed E-state index contributed by atoms with van der Waals surface area (Å²) in [6, 6.07) is 8.73. The van der Waals surface area contributed by atoms with E-state index in [1.165, 1.54) is 17.5 Å². The van der Waals surface area contributed by atoms with Crippen LogP contribution in [0.4, 0.5) is 0 Å². The Balaban J connectivity index is 1.90. The van der Waals surface area contributed by atoms with Crippen molar-refractivity contribution in [2.24, 2.45) is 11.8 Å². The largest absolute Gasteiger partial charge is 0.300 e. The number of carbonyl (C=O) groups excluding carboxylic acids is 1.